The van der Waals surface area contributed by atoms with Gasteiger partial charge in [-0.05, 0) is 40.0 Å². The molecule has 5 nitrogen and oxygen atoms in total. The fourth-order valence-electron chi connectivity index (χ4n) is 1.52. The predicted molar refractivity (Wildman–Crippen MR) is 69.5 cm³/mol. The first-order chi connectivity index (χ1) is 8.26. The van der Waals surface area contributed by atoms with Gasteiger partial charge in [0.1, 0.15) is 5.60 Å². The first-order valence-corrected chi connectivity index (χ1v) is 6.46. The van der Waals surface area contributed by atoms with E-state index in [-0.39, 0.29) is 5.92 Å². The number of carbonyl (C=O) groups is 2. The van der Waals surface area contributed by atoms with Gasteiger partial charge in [0.05, 0.1) is 5.92 Å². The standard InChI is InChI=1S/C13H25NO4/c1-5-10(11(15)16)8-6-7-9-14-12(17)18-13(2,3)4/h10H,5-9H2,1-4H3,(H,14,17)(H,15,16)/t10-/m0/s1. The number of ether oxygens (including phenoxy) is 1. The summed E-state index contributed by atoms with van der Waals surface area (Å²) in [6.07, 6.45) is 2.44. The second kappa shape index (κ2) is 7.95. The van der Waals surface area contributed by atoms with Gasteiger partial charge in [0.2, 0.25) is 0 Å². The van der Waals surface area contributed by atoms with Crippen LogP contribution in [0.5, 0.6) is 0 Å². The molecule has 0 spiro atoms. The van der Waals surface area contributed by atoms with Crippen molar-refractivity contribution in [3.63, 3.8) is 0 Å². The van der Waals surface area contributed by atoms with E-state index in [4.69, 9.17) is 9.84 Å². The second-order valence-electron chi connectivity index (χ2n) is 5.37. The van der Waals surface area contributed by atoms with Crippen LogP contribution in [0.15, 0.2) is 0 Å². The van der Waals surface area contributed by atoms with E-state index in [2.05, 4.69) is 5.32 Å². The van der Waals surface area contributed by atoms with Crippen molar-refractivity contribution in [1.29, 1.82) is 0 Å². The molecule has 1 amide bonds. The van der Waals surface area contributed by atoms with Crippen molar-refractivity contribution < 1.29 is 19.4 Å². The van der Waals surface area contributed by atoms with E-state index in [1.54, 1.807) is 0 Å². The van der Waals surface area contributed by atoms with Crippen LogP contribution in [0.4, 0.5) is 4.79 Å². The average Bonchev–Trinajstić information content (AvgIpc) is 2.20. The SMILES string of the molecule is CC[C@@H](CCCCNC(=O)OC(C)(C)C)C(=O)O. The number of alkyl carbamates (subject to hydrolysis) is 1. The van der Waals surface area contributed by atoms with E-state index in [1.165, 1.54) is 0 Å². The molecule has 106 valence electrons. The molecule has 0 saturated carbocycles. The molecular weight excluding hydrogens is 234 g/mol. The van der Waals surface area contributed by atoms with Gasteiger partial charge >= 0.3 is 12.1 Å². The highest BCUT2D eigenvalue weighted by atomic mass is 16.6. The molecule has 2 N–H and O–H groups in total. The van der Waals surface area contributed by atoms with Gasteiger partial charge in [0.25, 0.3) is 0 Å². The van der Waals surface area contributed by atoms with Crippen molar-refractivity contribution in [2.24, 2.45) is 5.92 Å². The summed E-state index contributed by atoms with van der Waals surface area (Å²) in [5.41, 5.74) is -0.485. The minimum atomic E-state index is -0.738. The minimum absolute atomic E-state index is 0.272. The number of carboxylic acid groups (broad SMARTS) is 1. The van der Waals surface area contributed by atoms with Crippen LogP contribution in [0.25, 0.3) is 0 Å². The maximum absolute atomic E-state index is 11.3. The highest BCUT2D eigenvalue weighted by Crippen LogP contribution is 2.12. The Morgan fingerprint density at radius 1 is 1.28 bits per heavy atom. The predicted octanol–water partition coefficient (Wildman–Crippen LogP) is 2.79. The fourth-order valence-corrected chi connectivity index (χ4v) is 1.52. The van der Waals surface area contributed by atoms with Crippen LogP contribution in [0.1, 0.15) is 53.4 Å². The van der Waals surface area contributed by atoms with Gasteiger partial charge in [0, 0.05) is 6.54 Å². The Kier molecular flexibility index (Phi) is 7.39. The van der Waals surface area contributed by atoms with Crippen LogP contribution in [0.2, 0.25) is 0 Å². The maximum Gasteiger partial charge on any atom is 0.407 e. The molecule has 0 radical (unpaired) electrons. The van der Waals surface area contributed by atoms with Crippen molar-refractivity contribution in [1.82, 2.24) is 5.32 Å². The second-order valence-corrected chi connectivity index (χ2v) is 5.37. The molecule has 0 heterocycles. The van der Waals surface area contributed by atoms with Crippen LogP contribution in [0.3, 0.4) is 0 Å². The molecule has 0 saturated heterocycles. The number of carboxylic acids is 1. The molecular formula is C13H25NO4. The lowest BCUT2D eigenvalue weighted by atomic mass is 10.00. The van der Waals surface area contributed by atoms with E-state index in [0.29, 0.717) is 19.4 Å². The van der Waals surface area contributed by atoms with E-state index in [0.717, 1.165) is 12.8 Å². The zero-order valence-electron chi connectivity index (χ0n) is 11.8. The minimum Gasteiger partial charge on any atom is -0.481 e. The molecule has 0 unspecified atom stereocenters. The van der Waals surface area contributed by atoms with Crippen molar-refractivity contribution >= 4 is 12.1 Å². The Bertz CT molecular complexity index is 271. The van der Waals surface area contributed by atoms with Crippen molar-refractivity contribution in [3.05, 3.63) is 0 Å². The fraction of sp³-hybridized carbons (Fsp3) is 0.846. The smallest absolute Gasteiger partial charge is 0.407 e. The first-order valence-electron chi connectivity index (χ1n) is 6.46. The largest absolute Gasteiger partial charge is 0.481 e. The molecule has 5 heteroatoms. The lowest BCUT2D eigenvalue weighted by molar-refractivity contribution is -0.142. The molecule has 1 atom stereocenters. The van der Waals surface area contributed by atoms with E-state index >= 15 is 0 Å². The summed E-state index contributed by atoms with van der Waals surface area (Å²) in [6, 6.07) is 0. The molecule has 18 heavy (non-hydrogen) atoms. The average molecular weight is 259 g/mol. The summed E-state index contributed by atoms with van der Waals surface area (Å²) >= 11 is 0. The van der Waals surface area contributed by atoms with Crippen molar-refractivity contribution in [2.45, 2.75) is 59.0 Å². The zero-order chi connectivity index (χ0) is 14.2. The Morgan fingerprint density at radius 3 is 2.33 bits per heavy atom. The highest BCUT2D eigenvalue weighted by molar-refractivity contribution is 5.69. The monoisotopic (exact) mass is 259 g/mol. The van der Waals surface area contributed by atoms with Gasteiger partial charge < -0.3 is 15.2 Å². The summed E-state index contributed by atoms with van der Waals surface area (Å²) < 4.78 is 5.08. The zero-order valence-corrected chi connectivity index (χ0v) is 11.8. The lowest BCUT2D eigenvalue weighted by Gasteiger charge is -2.19. The topological polar surface area (TPSA) is 75.6 Å². The van der Waals surface area contributed by atoms with Gasteiger partial charge in [0.15, 0.2) is 0 Å². The van der Waals surface area contributed by atoms with Crippen LogP contribution in [0, 0.1) is 5.92 Å². The Morgan fingerprint density at radius 2 is 1.89 bits per heavy atom. The van der Waals surface area contributed by atoms with Gasteiger partial charge in [-0.2, -0.15) is 0 Å². The number of unbranched alkanes of at least 4 members (excludes halogenated alkanes) is 1. The Labute approximate surface area is 109 Å². The number of nitrogens with one attached hydrogen (secondary N) is 1. The quantitative estimate of drug-likeness (QED) is 0.689. The Hall–Kier alpha value is -1.26. The molecule has 0 aromatic rings. The Balaban J connectivity index is 3.62. The molecule has 0 bridgehead atoms. The number of hydrogen-bond donors (Lipinski definition) is 2. The number of amides is 1. The molecule has 0 fully saturated rings. The number of carbonyl (C=O) groups excluding carboxylic acids is 1. The normalized spacial score (nSPS) is 12.9. The third-order valence-corrected chi connectivity index (χ3v) is 2.49. The summed E-state index contributed by atoms with van der Waals surface area (Å²) in [4.78, 5) is 22.1. The molecule has 0 rings (SSSR count). The molecule has 0 aliphatic heterocycles. The van der Waals surface area contributed by atoms with Crippen LogP contribution in [-0.2, 0) is 9.53 Å². The summed E-state index contributed by atoms with van der Waals surface area (Å²) in [6.45, 7) is 7.82. The van der Waals surface area contributed by atoms with Gasteiger partial charge in [-0.3, -0.25) is 4.79 Å². The van der Waals surface area contributed by atoms with Gasteiger partial charge in [-0.15, -0.1) is 0 Å². The molecule has 0 aromatic heterocycles. The first kappa shape index (κ1) is 16.7. The maximum atomic E-state index is 11.3. The van der Waals surface area contributed by atoms with Crippen LogP contribution < -0.4 is 5.32 Å². The van der Waals surface area contributed by atoms with Crippen molar-refractivity contribution in [2.75, 3.05) is 6.54 Å². The number of aliphatic carboxylic acids is 1. The molecule has 0 aliphatic carbocycles. The third-order valence-electron chi connectivity index (χ3n) is 2.49. The summed E-state index contributed by atoms with van der Waals surface area (Å²) in [5.74, 6) is -1.01. The van der Waals surface area contributed by atoms with E-state index < -0.39 is 17.7 Å². The van der Waals surface area contributed by atoms with Gasteiger partial charge in [-0.1, -0.05) is 13.3 Å². The summed E-state index contributed by atoms with van der Waals surface area (Å²) in [5, 5.41) is 11.5. The lowest BCUT2D eigenvalue weighted by Crippen LogP contribution is -2.33. The third kappa shape index (κ3) is 8.84. The molecule has 0 aliphatic rings. The number of hydrogen-bond acceptors (Lipinski definition) is 3. The van der Waals surface area contributed by atoms with Crippen LogP contribution in [-0.4, -0.2) is 29.3 Å². The highest BCUT2D eigenvalue weighted by Gasteiger charge is 2.16. The summed E-state index contributed by atoms with van der Waals surface area (Å²) in [7, 11) is 0. The van der Waals surface area contributed by atoms with Crippen molar-refractivity contribution in [3.8, 4) is 0 Å². The molecule has 0 aromatic carbocycles. The van der Waals surface area contributed by atoms with Crippen LogP contribution >= 0.6 is 0 Å². The van der Waals surface area contributed by atoms with E-state index in [9.17, 15) is 9.59 Å². The number of rotatable bonds is 7. The van der Waals surface area contributed by atoms with E-state index in [1.807, 2.05) is 27.7 Å². The van der Waals surface area contributed by atoms with Gasteiger partial charge in [-0.25, -0.2) is 4.79 Å².